The van der Waals surface area contributed by atoms with Gasteiger partial charge < -0.3 is 10.7 Å². The predicted octanol–water partition coefficient (Wildman–Crippen LogP) is 3.81. The monoisotopic (exact) mass is 374 g/mol. The van der Waals surface area contributed by atoms with E-state index < -0.39 is 36.0 Å². The van der Waals surface area contributed by atoms with Gasteiger partial charge in [0, 0.05) is 24.0 Å². The first-order chi connectivity index (χ1) is 12.1. The van der Waals surface area contributed by atoms with Crippen LogP contribution in [0.2, 0.25) is 0 Å². The average molecular weight is 374 g/mol. The van der Waals surface area contributed by atoms with Crippen molar-refractivity contribution in [2.75, 3.05) is 5.32 Å². The third-order valence-electron chi connectivity index (χ3n) is 3.61. The van der Waals surface area contributed by atoms with Crippen LogP contribution in [0.4, 0.5) is 27.6 Å². The van der Waals surface area contributed by atoms with E-state index in [1.165, 1.54) is 6.92 Å². The molecule has 0 saturated heterocycles. The topological polar surface area (TPSA) is 77.7 Å². The number of carbonyl (C=O) groups is 1. The van der Waals surface area contributed by atoms with Crippen LogP contribution in [0.5, 0.6) is 0 Å². The Hall–Kier alpha value is -2.65. The molecule has 0 aliphatic carbocycles. The lowest BCUT2D eigenvalue weighted by Crippen LogP contribution is -2.35. The van der Waals surface area contributed by atoms with Gasteiger partial charge >= 0.3 is 6.18 Å². The third-order valence-corrected chi connectivity index (χ3v) is 3.61. The predicted molar refractivity (Wildman–Crippen MR) is 87.3 cm³/mol. The summed E-state index contributed by atoms with van der Waals surface area (Å²) in [4.78, 5) is 20.0. The van der Waals surface area contributed by atoms with E-state index in [2.05, 4.69) is 15.3 Å². The summed E-state index contributed by atoms with van der Waals surface area (Å²) in [6.45, 7) is 1.51. The first-order valence-electron chi connectivity index (χ1n) is 7.50. The van der Waals surface area contributed by atoms with E-state index in [1.807, 2.05) is 0 Å². The zero-order chi connectivity index (χ0) is 19.5. The summed E-state index contributed by atoms with van der Waals surface area (Å²) >= 11 is 0. The highest BCUT2D eigenvalue weighted by molar-refractivity contribution is 6.20. The number of aliphatic imine (C=N–C) groups is 2. The number of nitrogens with one attached hydrogen (secondary N) is 2. The first-order valence-corrected chi connectivity index (χ1v) is 7.50. The summed E-state index contributed by atoms with van der Waals surface area (Å²) in [5.74, 6) is -2.35. The van der Waals surface area contributed by atoms with Gasteiger partial charge in [-0.05, 0) is 31.2 Å². The number of alkyl halides is 5. The van der Waals surface area contributed by atoms with Gasteiger partial charge in [-0.15, -0.1) is 0 Å². The first kappa shape index (κ1) is 19.7. The molecule has 2 atom stereocenters. The normalized spacial score (nSPS) is 18.8. The summed E-state index contributed by atoms with van der Waals surface area (Å²) in [6, 6.07) is 2.36. The maximum atomic E-state index is 12.9. The number of amidine groups is 1. The number of anilines is 1. The van der Waals surface area contributed by atoms with E-state index in [-0.39, 0.29) is 17.9 Å². The van der Waals surface area contributed by atoms with Crippen LogP contribution >= 0.6 is 0 Å². The molecule has 0 aromatic heterocycles. The molecule has 1 aromatic rings. The van der Waals surface area contributed by atoms with Gasteiger partial charge in [0.2, 0.25) is 5.91 Å². The van der Waals surface area contributed by atoms with Crippen molar-refractivity contribution >= 4 is 29.4 Å². The van der Waals surface area contributed by atoms with E-state index in [1.54, 1.807) is 0 Å². The molecule has 1 heterocycles. The van der Waals surface area contributed by atoms with E-state index in [9.17, 15) is 26.7 Å². The van der Waals surface area contributed by atoms with E-state index in [4.69, 9.17) is 5.41 Å². The molecule has 10 heteroatoms. The molecular formula is C16H15F5N4O. The minimum atomic E-state index is -4.51. The summed E-state index contributed by atoms with van der Waals surface area (Å²) in [5.41, 5.74) is -0.456. The zero-order valence-corrected chi connectivity index (χ0v) is 13.5. The molecule has 140 valence electrons. The zero-order valence-electron chi connectivity index (χ0n) is 13.5. The number of nitrogens with zero attached hydrogens (tertiary/aromatic N) is 2. The number of benzene rings is 1. The summed E-state index contributed by atoms with van der Waals surface area (Å²) in [5, 5.41) is 9.71. The van der Waals surface area contributed by atoms with Gasteiger partial charge in [-0.3, -0.25) is 9.79 Å². The molecule has 1 aliphatic rings. The largest absolute Gasteiger partial charge is 0.416 e. The Morgan fingerprint density at radius 1 is 1.31 bits per heavy atom. The molecule has 0 radical (unpaired) electrons. The molecule has 0 fully saturated rings. The molecule has 2 unspecified atom stereocenters. The molecule has 5 nitrogen and oxygen atoms in total. The Morgan fingerprint density at radius 2 is 1.92 bits per heavy atom. The fourth-order valence-electron chi connectivity index (χ4n) is 2.31. The number of halogens is 5. The second-order valence-corrected chi connectivity index (χ2v) is 5.65. The average Bonchev–Trinajstić information content (AvgIpc) is 2.54. The van der Waals surface area contributed by atoms with Crippen LogP contribution in [0.1, 0.15) is 18.9 Å². The molecule has 1 amide bonds. The van der Waals surface area contributed by atoms with Crippen LogP contribution in [0.3, 0.4) is 0 Å². The number of amides is 1. The van der Waals surface area contributed by atoms with Gasteiger partial charge in [0.05, 0.1) is 5.56 Å². The standard InChI is InChI=1S/C16H15F5N4O/c1-8-6-12(13(17)18)25-14(23-8)11(7-22)15(26)24-10-4-2-9(3-5-10)16(19,20)21/h2-5,7,11-13,22H,6H2,1H3,(H,24,26). The van der Waals surface area contributed by atoms with E-state index >= 15 is 0 Å². The maximum absolute atomic E-state index is 12.9. The van der Waals surface area contributed by atoms with Crippen molar-refractivity contribution in [3.05, 3.63) is 29.8 Å². The Labute approximate surface area is 145 Å². The van der Waals surface area contributed by atoms with Crippen LogP contribution < -0.4 is 5.32 Å². The molecule has 1 aliphatic heterocycles. The Bertz CT molecular complexity index is 740. The van der Waals surface area contributed by atoms with Gasteiger partial charge in [-0.25, -0.2) is 13.8 Å². The highest BCUT2D eigenvalue weighted by atomic mass is 19.4. The van der Waals surface area contributed by atoms with Crippen molar-refractivity contribution in [2.24, 2.45) is 15.9 Å². The lowest BCUT2D eigenvalue weighted by atomic mass is 10.0. The van der Waals surface area contributed by atoms with Crippen LogP contribution in [-0.2, 0) is 11.0 Å². The molecule has 0 bridgehead atoms. The van der Waals surface area contributed by atoms with Crippen molar-refractivity contribution in [1.29, 1.82) is 5.41 Å². The van der Waals surface area contributed by atoms with Gasteiger partial charge in [0.1, 0.15) is 17.8 Å². The lowest BCUT2D eigenvalue weighted by Gasteiger charge is -2.21. The maximum Gasteiger partial charge on any atom is 0.416 e. The minimum absolute atomic E-state index is 0.0492. The third kappa shape index (κ3) is 4.70. The summed E-state index contributed by atoms with van der Waals surface area (Å²) in [6.07, 6.45) is -6.59. The van der Waals surface area contributed by atoms with Crippen molar-refractivity contribution in [2.45, 2.75) is 32.0 Å². The molecule has 2 N–H and O–H groups in total. The van der Waals surface area contributed by atoms with E-state index in [0.29, 0.717) is 11.9 Å². The van der Waals surface area contributed by atoms with Crippen LogP contribution in [0, 0.1) is 11.3 Å². The molecule has 26 heavy (non-hydrogen) atoms. The van der Waals surface area contributed by atoms with Gasteiger partial charge in [-0.1, -0.05) is 0 Å². The van der Waals surface area contributed by atoms with Gasteiger partial charge in [0.15, 0.2) is 0 Å². The Balaban J connectivity index is 2.17. The minimum Gasteiger partial charge on any atom is -0.325 e. The highest BCUT2D eigenvalue weighted by Crippen LogP contribution is 2.30. The highest BCUT2D eigenvalue weighted by Gasteiger charge is 2.31. The number of carbonyl (C=O) groups excluding carboxylic acids is 1. The molecular weight excluding hydrogens is 359 g/mol. The van der Waals surface area contributed by atoms with Gasteiger partial charge in [-0.2, -0.15) is 13.2 Å². The molecule has 0 saturated carbocycles. The fraction of sp³-hybridized carbons (Fsp3) is 0.375. The van der Waals surface area contributed by atoms with Crippen LogP contribution in [-0.4, -0.2) is 36.1 Å². The second kappa shape index (κ2) is 7.71. The van der Waals surface area contributed by atoms with Crippen LogP contribution in [0.25, 0.3) is 0 Å². The Morgan fingerprint density at radius 3 is 2.42 bits per heavy atom. The van der Waals surface area contributed by atoms with Crippen molar-refractivity contribution in [3.8, 4) is 0 Å². The quantitative estimate of drug-likeness (QED) is 0.597. The van der Waals surface area contributed by atoms with Crippen LogP contribution in [0.15, 0.2) is 34.3 Å². The second-order valence-electron chi connectivity index (χ2n) is 5.65. The van der Waals surface area contributed by atoms with Crippen molar-refractivity contribution in [1.82, 2.24) is 0 Å². The Kier molecular flexibility index (Phi) is 5.83. The summed E-state index contributed by atoms with van der Waals surface area (Å²) in [7, 11) is 0. The molecule has 1 aromatic carbocycles. The SMILES string of the molecule is CC1=NC(C(C=N)C(=O)Nc2ccc(C(F)(F)F)cc2)=NC(C(F)F)C1. The van der Waals surface area contributed by atoms with E-state index in [0.717, 1.165) is 24.3 Å². The molecule has 2 rings (SSSR count). The lowest BCUT2D eigenvalue weighted by molar-refractivity contribution is -0.137. The smallest absolute Gasteiger partial charge is 0.325 e. The molecule has 0 spiro atoms. The van der Waals surface area contributed by atoms with Gasteiger partial charge in [0.25, 0.3) is 6.43 Å². The fourth-order valence-corrected chi connectivity index (χ4v) is 2.31. The number of rotatable bonds is 5. The van der Waals surface area contributed by atoms with Crippen molar-refractivity contribution < 1.29 is 26.7 Å². The van der Waals surface area contributed by atoms with Crippen molar-refractivity contribution in [3.63, 3.8) is 0 Å². The number of hydrogen-bond donors (Lipinski definition) is 2. The number of hydrogen-bond acceptors (Lipinski definition) is 4. The summed E-state index contributed by atoms with van der Waals surface area (Å²) < 4.78 is 63.4.